The van der Waals surface area contributed by atoms with E-state index in [9.17, 15) is 4.79 Å². The normalized spacial score (nSPS) is 15.6. The number of nitrogens with zero attached hydrogens (tertiary/aromatic N) is 3. The van der Waals surface area contributed by atoms with Crippen LogP contribution >= 0.6 is 0 Å². The first kappa shape index (κ1) is 22.2. The van der Waals surface area contributed by atoms with Crippen molar-refractivity contribution in [2.24, 2.45) is 5.92 Å². The largest absolute Gasteiger partial charge is 0.349 e. The van der Waals surface area contributed by atoms with Gasteiger partial charge in [-0.15, -0.1) is 0 Å². The average Bonchev–Trinajstić information content (AvgIpc) is 3.31. The number of rotatable bonds is 8. The molecule has 168 valence electrons. The average molecular weight is 433 g/mol. The molecule has 1 N–H and O–H groups in total. The minimum absolute atomic E-state index is 0.0128. The lowest BCUT2D eigenvalue weighted by Crippen LogP contribution is -2.32. The highest BCUT2D eigenvalue weighted by atomic mass is 16.5. The predicted molar refractivity (Wildman–Crippen MR) is 124 cm³/mol. The summed E-state index contributed by atoms with van der Waals surface area (Å²) in [7, 11) is 0. The molecule has 0 aliphatic heterocycles. The summed E-state index contributed by atoms with van der Waals surface area (Å²) in [4.78, 5) is 21.1. The van der Waals surface area contributed by atoms with E-state index in [1.807, 2.05) is 12.1 Å². The first-order chi connectivity index (χ1) is 15.6. The summed E-state index contributed by atoms with van der Waals surface area (Å²) in [5.74, 6) is 1.92. The van der Waals surface area contributed by atoms with E-state index >= 15 is 0 Å². The number of aromatic nitrogens is 3. The first-order valence-corrected chi connectivity index (χ1v) is 11.7. The van der Waals surface area contributed by atoms with Crippen molar-refractivity contribution >= 4 is 5.91 Å². The SMILES string of the molecule is CC(C)C(NC(=O)CCc1nc(-c2cccnc2)no1)c1ccc(C2CCCCC2)cc1. The molecule has 0 saturated heterocycles. The van der Waals surface area contributed by atoms with Gasteiger partial charge in [0, 0.05) is 30.8 Å². The number of pyridine rings is 1. The molecule has 3 aromatic rings. The summed E-state index contributed by atoms with van der Waals surface area (Å²) in [6, 6.07) is 12.6. The molecule has 6 nitrogen and oxygen atoms in total. The Bertz CT molecular complexity index is 992. The molecule has 1 unspecified atom stereocenters. The van der Waals surface area contributed by atoms with Crippen LogP contribution in [-0.4, -0.2) is 21.0 Å². The van der Waals surface area contributed by atoms with Crippen molar-refractivity contribution in [3.8, 4) is 11.4 Å². The molecular weight excluding hydrogens is 400 g/mol. The van der Waals surface area contributed by atoms with Gasteiger partial charge < -0.3 is 9.84 Å². The van der Waals surface area contributed by atoms with Gasteiger partial charge in [-0.2, -0.15) is 4.98 Å². The molecule has 1 fully saturated rings. The predicted octanol–water partition coefficient (Wildman–Crippen LogP) is 5.63. The minimum atomic E-state index is -0.0171. The summed E-state index contributed by atoms with van der Waals surface area (Å²) < 4.78 is 5.31. The lowest BCUT2D eigenvalue weighted by atomic mass is 9.83. The Morgan fingerprint density at radius 3 is 2.59 bits per heavy atom. The second kappa shape index (κ2) is 10.5. The van der Waals surface area contributed by atoms with Gasteiger partial charge in [-0.3, -0.25) is 9.78 Å². The lowest BCUT2D eigenvalue weighted by molar-refractivity contribution is -0.122. The third kappa shape index (κ3) is 5.61. The Labute approximate surface area is 189 Å². The van der Waals surface area contributed by atoms with E-state index in [2.05, 4.69) is 58.6 Å². The maximum absolute atomic E-state index is 12.7. The quantitative estimate of drug-likeness (QED) is 0.499. The summed E-state index contributed by atoms with van der Waals surface area (Å²) >= 11 is 0. The van der Waals surface area contributed by atoms with Gasteiger partial charge in [0.15, 0.2) is 0 Å². The van der Waals surface area contributed by atoms with E-state index in [-0.39, 0.29) is 11.9 Å². The fourth-order valence-electron chi connectivity index (χ4n) is 4.48. The van der Waals surface area contributed by atoms with Crippen LogP contribution in [0.3, 0.4) is 0 Å². The van der Waals surface area contributed by atoms with E-state index in [1.54, 1.807) is 12.4 Å². The Morgan fingerprint density at radius 2 is 1.91 bits per heavy atom. The van der Waals surface area contributed by atoms with E-state index < -0.39 is 0 Å². The molecule has 1 atom stereocenters. The van der Waals surface area contributed by atoms with Gasteiger partial charge in [0.05, 0.1) is 6.04 Å². The monoisotopic (exact) mass is 432 g/mol. The highest BCUT2D eigenvalue weighted by Crippen LogP contribution is 2.33. The van der Waals surface area contributed by atoms with Crippen LogP contribution in [0.15, 0.2) is 53.3 Å². The van der Waals surface area contributed by atoms with Gasteiger partial charge in [-0.25, -0.2) is 0 Å². The number of aryl methyl sites for hydroxylation is 1. The molecular formula is C26H32N4O2. The topological polar surface area (TPSA) is 80.9 Å². The second-order valence-corrected chi connectivity index (χ2v) is 9.04. The van der Waals surface area contributed by atoms with Gasteiger partial charge in [-0.05, 0) is 47.9 Å². The van der Waals surface area contributed by atoms with E-state index in [0.29, 0.717) is 36.4 Å². The van der Waals surface area contributed by atoms with E-state index in [0.717, 1.165) is 11.1 Å². The van der Waals surface area contributed by atoms with Crippen molar-refractivity contribution in [2.75, 3.05) is 0 Å². The number of benzene rings is 1. The maximum Gasteiger partial charge on any atom is 0.227 e. The van der Waals surface area contributed by atoms with Gasteiger partial charge in [-0.1, -0.05) is 62.5 Å². The number of nitrogens with one attached hydrogen (secondary N) is 1. The summed E-state index contributed by atoms with van der Waals surface area (Å²) in [5.41, 5.74) is 3.39. The summed E-state index contributed by atoms with van der Waals surface area (Å²) in [6.07, 6.45) is 10.7. The number of carbonyl (C=O) groups excluding carboxylic acids is 1. The molecule has 0 bridgehead atoms. The van der Waals surface area contributed by atoms with Crippen LogP contribution in [0.2, 0.25) is 0 Å². The van der Waals surface area contributed by atoms with Crippen LogP contribution in [-0.2, 0) is 11.2 Å². The lowest BCUT2D eigenvalue weighted by Gasteiger charge is -2.25. The van der Waals surface area contributed by atoms with Crippen molar-refractivity contribution in [3.63, 3.8) is 0 Å². The fourth-order valence-corrected chi connectivity index (χ4v) is 4.48. The van der Waals surface area contributed by atoms with Gasteiger partial charge in [0.2, 0.25) is 17.6 Å². The third-order valence-electron chi connectivity index (χ3n) is 6.31. The zero-order chi connectivity index (χ0) is 22.3. The maximum atomic E-state index is 12.7. The third-order valence-corrected chi connectivity index (χ3v) is 6.31. The highest BCUT2D eigenvalue weighted by molar-refractivity contribution is 5.76. The molecule has 0 radical (unpaired) electrons. The Kier molecular flexibility index (Phi) is 7.30. The standard InChI is InChI=1S/C26H32N4O2/c1-18(2)25(21-12-10-20(11-13-21)19-7-4-3-5-8-19)28-23(31)14-15-24-29-26(30-32-24)22-9-6-16-27-17-22/h6,9-13,16-19,25H,3-5,7-8,14-15H2,1-2H3,(H,28,31). The van der Waals surface area contributed by atoms with Crippen molar-refractivity contribution in [2.45, 2.75) is 70.8 Å². The summed E-state index contributed by atoms with van der Waals surface area (Å²) in [6.45, 7) is 4.27. The molecule has 0 spiro atoms. The van der Waals surface area contributed by atoms with Crippen molar-refractivity contribution in [1.29, 1.82) is 0 Å². The van der Waals surface area contributed by atoms with Gasteiger partial charge in [0.25, 0.3) is 0 Å². The van der Waals surface area contributed by atoms with E-state index in [4.69, 9.17) is 4.52 Å². The Morgan fingerprint density at radius 1 is 1.12 bits per heavy atom. The second-order valence-electron chi connectivity index (χ2n) is 9.04. The molecule has 2 aromatic heterocycles. The van der Waals surface area contributed by atoms with Crippen LogP contribution in [0.4, 0.5) is 0 Å². The zero-order valence-electron chi connectivity index (χ0n) is 19.0. The molecule has 1 aliphatic rings. The molecule has 1 saturated carbocycles. The smallest absolute Gasteiger partial charge is 0.227 e. The molecule has 1 aliphatic carbocycles. The Balaban J connectivity index is 1.34. The van der Waals surface area contributed by atoms with Gasteiger partial charge in [0.1, 0.15) is 0 Å². The number of amides is 1. The summed E-state index contributed by atoms with van der Waals surface area (Å²) in [5, 5.41) is 7.19. The molecule has 1 amide bonds. The molecule has 1 aromatic carbocycles. The highest BCUT2D eigenvalue weighted by Gasteiger charge is 2.21. The first-order valence-electron chi connectivity index (χ1n) is 11.7. The van der Waals surface area contributed by atoms with Crippen LogP contribution in [0.5, 0.6) is 0 Å². The van der Waals surface area contributed by atoms with Crippen LogP contribution in [0.25, 0.3) is 11.4 Å². The fraction of sp³-hybridized carbons (Fsp3) is 0.462. The molecule has 32 heavy (non-hydrogen) atoms. The van der Waals surface area contributed by atoms with E-state index in [1.165, 1.54) is 37.7 Å². The Hall–Kier alpha value is -3.02. The molecule has 2 heterocycles. The zero-order valence-corrected chi connectivity index (χ0v) is 19.0. The number of carbonyl (C=O) groups is 1. The van der Waals surface area contributed by atoms with Crippen molar-refractivity contribution < 1.29 is 9.32 Å². The van der Waals surface area contributed by atoms with Crippen LogP contribution < -0.4 is 5.32 Å². The minimum Gasteiger partial charge on any atom is -0.349 e. The number of hydrogen-bond acceptors (Lipinski definition) is 5. The van der Waals surface area contributed by atoms with Crippen molar-refractivity contribution in [3.05, 3.63) is 65.8 Å². The van der Waals surface area contributed by atoms with Crippen LogP contribution in [0.1, 0.15) is 81.3 Å². The molecule has 6 heteroatoms. The number of hydrogen-bond donors (Lipinski definition) is 1. The van der Waals surface area contributed by atoms with Crippen LogP contribution in [0, 0.1) is 5.92 Å². The molecule has 4 rings (SSSR count). The van der Waals surface area contributed by atoms with Crippen molar-refractivity contribution in [1.82, 2.24) is 20.4 Å². The van der Waals surface area contributed by atoms with Gasteiger partial charge >= 0.3 is 0 Å².